The minimum Gasteiger partial charge on any atom is -0.486 e. The van der Waals surface area contributed by atoms with Crippen LogP contribution in [-0.4, -0.2) is 18.3 Å². The van der Waals surface area contributed by atoms with E-state index in [0.29, 0.717) is 35.3 Å². The molecule has 3 nitrogen and oxygen atoms in total. The summed E-state index contributed by atoms with van der Waals surface area (Å²) in [4.78, 5) is 0. The quantitative estimate of drug-likeness (QED) is 0.839. The van der Waals surface area contributed by atoms with Crippen molar-refractivity contribution in [2.45, 2.75) is 26.9 Å². The van der Waals surface area contributed by atoms with Crippen LogP contribution in [0.4, 0.5) is 0 Å². The lowest BCUT2D eigenvalue weighted by molar-refractivity contribution is 0.0621. The number of aliphatic hydroxyl groups excluding tert-OH is 1. The van der Waals surface area contributed by atoms with Crippen LogP contribution >= 0.6 is 11.6 Å². The average Bonchev–Trinajstić information content (AvgIpc) is 2.26. The topological polar surface area (TPSA) is 38.7 Å². The van der Waals surface area contributed by atoms with Gasteiger partial charge in [0.05, 0.1) is 11.1 Å². The van der Waals surface area contributed by atoms with E-state index in [0.717, 1.165) is 0 Å². The Morgan fingerprint density at radius 1 is 1.18 bits per heavy atom. The standard InChI is InChI=1S/C13H17ClO3/c1-13(2,3)12(15)8-6-10-11(7-9(8)14)17-5-4-16-10/h6-7,12,15H,4-5H2,1-3H3. The normalized spacial score (nSPS) is 16.8. The van der Waals surface area contributed by atoms with Gasteiger partial charge in [-0.2, -0.15) is 0 Å². The van der Waals surface area contributed by atoms with Crippen LogP contribution < -0.4 is 9.47 Å². The molecule has 0 bridgehead atoms. The number of rotatable bonds is 1. The molecule has 1 aliphatic heterocycles. The van der Waals surface area contributed by atoms with Crippen LogP contribution in [0.2, 0.25) is 5.02 Å². The van der Waals surface area contributed by atoms with Gasteiger partial charge in [0.2, 0.25) is 0 Å². The SMILES string of the molecule is CC(C)(C)C(O)c1cc2c(cc1Cl)OCCO2. The van der Waals surface area contributed by atoms with E-state index in [1.165, 1.54) is 0 Å². The molecule has 0 saturated heterocycles. The van der Waals surface area contributed by atoms with Gasteiger partial charge in [0.15, 0.2) is 11.5 Å². The molecule has 1 aromatic rings. The molecule has 0 aliphatic carbocycles. The van der Waals surface area contributed by atoms with Crippen molar-refractivity contribution in [3.05, 3.63) is 22.7 Å². The molecule has 0 spiro atoms. The molecule has 0 amide bonds. The lowest BCUT2D eigenvalue weighted by Gasteiger charge is -2.28. The number of aliphatic hydroxyl groups is 1. The Hall–Kier alpha value is -0.930. The number of fused-ring (bicyclic) bond motifs is 1. The van der Waals surface area contributed by atoms with Gasteiger partial charge < -0.3 is 14.6 Å². The third-order valence-electron chi connectivity index (χ3n) is 2.78. The second-order valence-electron chi connectivity index (χ2n) is 5.29. The molecule has 4 heteroatoms. The molecule has 1 heterocycles. The van der Waals surface area contributed by atoms with Gasteiger partial charge in [0, 0.05) is 11.6 Å². The summed E-state index contributed by atoms with van der Waals surface area (Å²) in [6.45, 7) is 6.95. The van der Waals surface area contributed by atoms with Crippen molar-refractivity contribution in [3.63, 3.8) is 0 Å². The summed E-state index contributed by atoms with van der Waals surface area (Å²) in [6.07, 6.45) is -0.633. The van der Waals surface area contributed by atoms with Crippen LogP contribution in [0.1, 0.15) is 32.4 Å². The smallest absolute Gasteiger partial charge is 0.162 e. The van der Waals surface area contributed by atoms with E-state index < -0.39 is 6.10 Å². The van der Waals surface area contributed by atoms with Crippen LogP contribution in [0.15, 0.2) is 12.1 Å². The zero-order valence-corrected chi connectivity index (χ0v) is 11.0. The Labute approximate surface area is 106 Å². The molecule has 0 aromatic heterocycles. The highest BCUT2D eigenvalue weighted by Gasteiger charge is 2.27. The van der Waals surface area contributed by atoms with Crippen molar-refractivity contribution >= 4 is 11.6 Å². The summed E-state index contributed by atoms with van der Waals surface area (Å²) in [5, 5.41) is 10.8. The van der Waals surface area contributed by atoms with Gasteiger partial charge >= 0.3 is 0 Å². The first-order valence-electron chi connectivity index (χ1n) is 5.66. The van der Waals surface area contributed by atoms with E-state index in [1.807, 2.05) is 20.8 Å². The van der Waals surface area contributed by atoms with Gasteiger partial charge in [-0.1, -0.05) is 32.4 Å². The van der Waals surface area contributed by atoms with E-state index >= 15 is 0 Å². The molecule has 94 valence electrons. The van der Waals surface area contributed by atoms with E-state index in [-0.39, 0.29) is 5.41 Å². The molecular weight excluding hydrogens is 240 g/mol. The molecule has 0 saturated carbocycles. The number of hydrogen-bond donors (Lipinski definition) is 1. The summed E-state index contributed by atoms with van der Waals surface area (Å²) in [5.74, 6) is 1.30. The van der Waals surface area contributed by atoms with E-state index in [2.05, 4.69) is 0 Å². The highest BCUT2D eigenvalue weighted by Crippen LogP contribution is 2.42. The average molecular weight is 257 g/mol. The third kappa shape index (κ3) is 2.50. The van der Waals surface area contributed by atoms with Crippen LogP contribution in [0, 0.1) is 5.41 Å². The van der Waals surface area contributed by atoms with Gasteiger partial charge in [0.1, 0.15) is 13.2 Å². The second-order valence-corrected chi connectivity index (χ2v) is 5.69. The zero-order chi connectivity index (χ0) is 12.6. The summed E-state index contributed by atoms with van der Waals surface area (Å²) >= 11 is 6.17. The predicted octanol–water partition coefficient (Wildman–Crippen LogP) is 3.19. The van der Waals surface area contributed by atoms with Crippen LogP contribution in [0.25, 0.3) is 0 Å². The molecule has 1 aromatic carbocycles. The van der Waals surface area contributed by atoms with Crippen molar-refractivity contribution in [2.24, 2.45) is 5.41 Å². The van der Waals surface area contributed by atoms with Crippen LogP contribution in [-0.2, 0) is 0 Å². The number of hydrogen-bond acceptors (Lipinski definition) is 3. The monoisotopic (exact) mass is 256 g/mol. The fourth-order valence-corrected chi connectivity index (χ4v) is 2.01. The Morgan fingerprint density at radius 3 is 2.24 bits per heavy atom. The first-order chi connectivity index (χ1) is 7.89. The maximum atomic E-state index is 10.3. The molecule has 1 N–H and O–H groups in total. The Balaban J connectivity index is 2.41. The Morgan fingerprint density at radius 2 is 1.71 bits per heavy atom. The molecule has 1 aliphatic rings. The lowest BCUT2D eigenvalue weighted by Crippen LogP contribution is -2.20. The van der Waals surface area contributed by atoms with Crippen molar-refractivity contribution in [1.29, 1.82) is 0 Å². The van der Waals surface area contributed by atoms with Crippen molar-refractivity contribution in [1.82, 2.24) is 0 Å². The van der Waals surface area contributed by atoms with E-state index in [9.17, 15) is 5.11 Å². The minimum absolute atomic E-state index is 0.270. The summed E-state index contributed by atoms with van der Waals surface area (Å²) in [7, 11) is 0. The molecule has 0 radical (unpaired) electrons. The Kier molecular flexibility index (Phi) is 3.23. The van der Waals surface area contributed by atoms with Gasteiger partial charge in [-0.3, -0.25) is 0 Å². The lowest BCUT2D eigenvalue weighted by atomic mass is 9.84. The van der Waals surface area contributed by atoms with Gasteiger partial charge in [0.25, 0.3) is 0 Å². The van der Waals surface area contributed by atoms with Gasteiger partial charge in [-0.15, -0.1) is 0 Å². The van der Waals surface area contributed by atoms with Crippen LogP contribution in [0.3, 0.4) is 0 Å². The maximum Gasteiger partial charge on any atom is 0.162 e. The minimum atomic E-state index is -0.633. The molecule has 1 atom stereocenters. The largest absolute Gasteiger partial charge is 0.486 e. The second kappa shape index (κ2) is 4.39. The van der Waals surface area contributed by atoms with Crippen molar-refractivity contribution in [2.75, 3.05) is 13.2 Å². The first kappa shape index (κ1) is 12.5. The van der Waals surface area contributed by atoms with Crippen molar-refractivity contribution in [3.8, 4) is 11.5 Å². The highest BCUT2D eigenvalue weighted by molar-refractivity contribution is 6.31. The molecule has 17 heavy (non-hydrogen) atoms. The van der Waals surface area contributed by atoms with Gasteiger partial charge in [-0.25, -0.2) is 0 Å². The highest BCUT2D eigenvalue weighted by atomic mass is 35.5. The fraction of sp³-hybridized carbons (Fsp3) is 0.538. The van der Waals surface area contributed by atoms with Crippen molar-refractivity contribution < 1.29 is 14.6 Å². The number of ether oxygens (including phenoxy) is 2. The fourth-order valence-electron chi connectivity index (χ4n) is 1.76. The Bertz CT molecular complexity index is 423. The maximum absolute atomic E-state index is 10.3. The molecule has 0 fully saturated rings. The molecule has 1 unspecified atom stereocenters. The third-order valence-corrected chi connectivity index (χ3v) is 3.10. The molecule has 2 rings (SSSR count). The van der Waals surface area contributed by atoms with Gasteiger partial charge in [-0.05, 0) is 11.5 Å². The molecular formula is C13H17ClO3. The summed E-state index contributed by atoms with van der Waals surface area (Å²) in [5.41, 5.74) is 0.413. The van der Waals surface area contributed by atoms with E-state index in [4.69, 9.17) is 21.1 Å². The first-order valence-corrected chi connectivity index (χ1v) is 6.04. The number of halogens is 1. The predicted molar refractivity (Wildman–Crippen MR) is 66.9 cm³/mol. The summed E-state index contributed by atoms with van der Waals surface area (Å²) in [6, 6.07) is 3.48. The number of benzene rings is 1. The zero-order valence-electron chi connectivity index (χ0n) is 10.3. The van der Waals surface area contributed by atoms with Crippen LogP contribution in [0.5, 0.6) is 11.5 Å². The summed E-state index contributed by atoms with van der Waals surface area (Å²) < 4.78 is 10.9. The van der Waals surface area contributed by atoms with E-state index in [1.54, 1.807) is 12.1 Å².